The Hall–Kier alpha value is -1.62. The number of hydrogen-bond acceptors (Lipinski definition) is 6. The Balaban J connectivity index is 1.91. The van der Waals surface area contributed by atoms with Gasteiger partial charge < -0.3 is 20.5 Å². The van der Waals surface area contributed by atoms with Crippen LogP contribution in [0.4, 0.5) is 10.6 Å². The zero-order valence-electron chi connectivity index (χ0n) is 13.8. The van der Waals surface area contributed by atoms with E-state index in [9.17, 15) is 9.90 Å². The normalized spacial score (nSPS) is 21.5. The highest BCUT2D eigenvalue weighted by molar-refractivity contribution is 14.1. The zero-order chi connectivity index (χ0) is 17.7. The number of nitrogen functional groups attached to an aromatic ring is 1. The van der Waals surface area contributed by atoms with Gasteiger partial charge in [0.15, 0.2) is 5.82 Å². The maximum absolute atomic E-state index is 12.2. The number of aromatic nitrogens is 3. The van der Waals surface area contributed by atoms with Gasteiger partial charge in [-0.05, 0) is 49.4 Å². The number of nitrogens with two attached hydrogens (primary N) is 1. The van der Waals surface area contributed by atoms with Crippen LogP contribution >= 0.6 is 22.6 Å². The number of halogens is 1. The molecule has 1 saturated heterocycles. The fourth-order valence-corrected chi connectivity index (χ4v) is 3.64. The molecule has 0 aliphatic carbocycles. The van der Waals surface area contributed by atoms with Crippen LogP contribution in [0, 0.1) is 3.57 Å². The maximum Gasteiger partial charge on any atom is 0.410 e. The van der Waals surface area contributed by atoms with Gasteiger partial charge in [-0.2, -0.15) is 5.10 Å². The molecule has 1 amide bonds. The summed E-state index contributed by atoms with van der Waals surface area (Å²) in [4.78, 5) is 17.7. The molecular weight excluding hydrogens is 425 g/mol. The van der Waals surface area contributed by atoms with Gasteiger partial charge in [-0.1, -0.05) is 0 Å². The molecule has 1 aliphatic rings. The van der Waals surface area contributed by atoms with Crippen LogP contribution in [-0.2, 0) is 10.3 Å². The quantitative estimate of drug-likeness (QED) is 0.648. The highest BCUT2D eigenvalue weighted by Crippen LogP contribution is 2.35. The van der Waals surface area contributed by atoms with E-state index in [1.54, 1.807) is 4.52 Å². The fraction of sp³-hybridized carbons (Fsp3) is 0.533. The first-order valence-corrected chi connectivity index (χ1v) is 8.67. The summed E-state index contributed by atoms with van der Waals surface area (Å²) >= 11 is 2.14. The molecule has 0 spiro atoms. The van der Waals surface area contributed by atoms with Gasteiger partial charge in [0.2, 0.25) is 0 Å². The minimum Gasteiger partial charge on any atom is -0.444 e. The highest BCUT2D eigenvalue weighted by atomic mass is 127. The van der Waals surface area contributed by atoms with Crippen LogP contribution in [0.1, 0.15) is 32.9 Å². The molecule has 2 aromatic heterocycles. The fourth-order valence-electron chi connectivity index (χ4n) is 2.84. The molecule has 0 radical (unpaired) electrons. The number of rotatable bonds is 1. The van der Waals surface area contributed by atoms with Crippen molar-refractivity contribution >= 4 is 40.0 Å². The minimum atomic E-state index is -1.20. The predicted octanol–water partition coefficient (Wildman–Crippen LogP) is 1.74. The molecule has 1 atom stereocenters. The monoisotopic (exact) mass is 445 g/mol. The van der Waals surface area contributed by atoms with Crippen molar-refractivity contribution in [1.29, 1.82) is 0 Å². The second kappa shape index (κ2) is 5.73. The molecule has 130 valence electrons. The Labute approximate surface area is 153 Å². The molecule has 0 aromatic carbocycles. The third-order valence-corrected chi connectivity index (χ3v) is 4.73. The largest absolute Gasteiger partial charge is 0.444 e. The number of fused-ring (bicyclic) bond motifs is 1. The van der Waals surface area contributed by atoms with Gasteiger partial charge in [0.05, 0.1) is 12.2 Å². The van der Waals surface area contributed by atoms with E-state index in [0.29, 0.717) is 30.0 Å². The SMILES string of the molecule is CC(C)(C)OC(=O)N1CCC(O)(c2cc(I)c3c(N)ncnn23)C1. The standard InChI is InChI=1S/C15H20IN5O3/c1-14(2,3)24-13(22)20-5-4-15(23,7-20)10-6-9(16)11-12(17)18-8-19-21(10)11/h6,8,23H,4-5,7H2,1-3H3,(H2,17,18,19). The Morgan fingerprint density at radius 1 is 1.50 bits per heavy atom. The molecule has 1 aliphatic heterocycles. The molecular formula is C15H20IN5O3. The molecule has 9 heteroatoms. The Bertz CT molecular complexity index is 800. The van der Waals surface area contributed by atoms with E-state index < -0.39 is 17.3 Å². The Kier molecular flexibility index (Phi) is 4.11. The van der Waals surface area contributed by atoms with Crippen LogP contribution in [0.3, 0.4) is 0 Å². The van der Waals surface area contributed by atoms with Crippen molar-refractivity contribution in [1.82, 2.24) is 19.5 Å². The van der Waals surface area contributed by atoms with E-state index in [-0.39, 0.29) is 6.54 Å². The van der Waals surface area contributed by atoms with Gasteiger partial charge >= 0.3 is 6.09 Å². The van der Waals surface area contributed by atoms with E-state index >= 15 is 0 Å². The molecule has 1 fully saturated rings. The first-order chi connectivity index (χ1) is 11.1. The molecule has 2 aromatic rings. The van der Waals surface area contributed by atoms with Crippen LogP contribution in [0.25, 0.3) is 5.52 Å². The van der Waals surface area contributed by atoms with E-state index in [0.717, 1.165) is 3.57 Å². The lowest BCUT2D eigenvalue weighted by Gasteiger charge is -2.26. The molecule has 3 N–H and O–H groups in total. The third-order valence-electron chi connectivity index (χ3n) is 3.91. The lowest BCUT2D eigenvalue weighted by molar-refractivity contribution is 0.0121. The molecule has 1 unspecified atom stereocenters. The maximum atomic E-state index is 12.2. The second-order valence-electron chi connectivity index (χ2n) is 6.97. The number of ether oxygens (including phenoxy) is 1. The van der Waals surface area contributed by atoms with Gasteiger partial charge in [-0.15, -0.1) is 0 Å². The predicted molar refractivity (Wildman–Crippen MR) is 96.4 cm³/mol. The van der Waals surface area contributed by atoms with Gasteiger partial charge in [-0.25, -0.2) is 14.3 Å². The summed E-state index contributed by atoms with van der Waals surface area (Å²) in [5.74, 6) is 0.353. The molecule has 3 rings (SSSR count). The number of carbonyl (C=O) groups excluding carboxylic acids is 1. The molecule has 0 bridgehead atoms. The zero-order valence-corrected chi connectivity index (χ0v) is 15.9. The lowest BCUT2D eigenvalue weighted by Crippen LogP contribution is -2.38. The van der Waals surface area contributed by atoms with Crippen LogP contribution in [0.5, 0.6) is 0 Å². The number of aliphatic hydroxyl groups is 1. The molecule has 24 heavy (non-hydrogen) atoms. The molecule has 8 nitrogen and oxygen atoms in total. The Morgan fingerprint density at radius 3 is 2.88 bits per heavy atom. The summed E-state index contributed by atoms with van der Waals surface area (Å²) in [7, 11) is 0. The lowest BCUT2D eigenvalue weighted by atomic mass is 9.99. The van der Waals surface area contributed by atoms with Crippen molar-refractivity contribution in [2.75, 3.05) is 18.8 Å². The smallest absolute Gasteiger partial charge is 0.410 e. The van der Waals surface area contributed by atoms with Gasteiger partial charge in [0.25, 0.3) is 0 Å². The van der Waals surface area contributed by atoms with Crippen molar-refractivity contribution in [3.63, 3.8) is 0 Å². The van der Waals surface area contributed by atoms with Crippen molar-refractivity contribution in [2.45, 2.75) is 38.4 Å². The van der Waals surface area contributed by atoms with Gasteiger partial charge in [-0.3, -0.25) is 0 Å². The highest BCUT2D eigenvalue weighted by Gasteiger charge is 2.43. The van der Waals surface area contributed by atoms with Crippen LogP contribution in [0.2, 0.25) is 0 Å². The van der Waals surface area contributed by atoms with Crippen LogP contribution in [0.15, 0.2) is 12.4 Å². The number of amides is 1. The van der Waals surface area contributed by atoms with E-state index in [1.807, 2.05) is 26.8 Å². The van der Waals surface area contributed by atoms with Crippen molar-refractivity contribution in [3.05, 3.63) is 21.7 Å². The van der Waals surface area contributed by atoms with Crippen molar-refractivity contribution < 1.29 is 14.6 Å². The summed E-state index contributed by atoms with van der Waals surface area (Å²) in [5, 5.41) is 15.3. The second-order valence-corrected chi connectivity index (χ2v) is 8.13. The summed E-state index contributed by atoms with van der Waals surface area (Å²) in [5.41, 5.74) is 5.40. The van der Waals surface area contributed by atoms with E-state index in [1.165, 1.54) is 11.2 Å². The number of β-amino-alcohol motifs (C(OH)–C–C–N with tert-alkyl or cyclic N) is 1. The minimum absolute atomic E-state index is 0.147. The van der Waals surface area contributed by atoms with E-state index in [4.69, 9.17) is 10.5 Å². The first kappa shape index (κ1) is 17.2. The number of carbonyl (C=O) groups is 1. The Morgan fingerprint density at radius 2 is 2.21 bits per heavy atom. The van der Waals surface area contributed by atoms with Gasteiger partial charge in [0, 0.05) is 16.5 Å². The van der Waals surface area contributed by atoms with Crippen molar-refractivity contribution in [2.24, 2.45) is 0 Å². The average molecular weight is 445 g/mol. The van der Waals surface area contributed by atoms with Crippen molar-refractivity contribution in [3.8, 4) is 0 Å². The number of likely N-dealkylation sites (tertiary alicyclic amines) is 1. The summed E-state index contributed by atoms with van der Waals surface area (Å²) in [6, 6.07) is 1.83. The topological polar surface area (TPSA) is 106 Å². The third kappa shape index (κ3) is 3.02. The summed E-state index contributed by atoms with van der Waals surface area (Å²) in [6.45, 7) is 6.01. The summed E-state index contributed by atoms with van der Waals surface area (Å²) < 4.78 is 7.84. The van der Waals surface area contributed by atoms with Crippen LogP contribution < -0.4 is 5.73 Å². The average Bonchev–Trinajstić information content (AvgIpc) is 3.01. The van der Waals surface area contributed by atoms with Crippen LogP contribution in [-0.4, -0.2) is 49.4 Å². The first-order valence-electron chi connectivity index (χ1n) is 7.59. The summed E-state index contributed by atoms with van der Waals surface area (Å²) in [6.07, 6.45) is 1.33. The number of nitrogens with zero attached hydrogens (tertiary/aromatic N) is 4. The number of hydrogen-bond donors (Lipinski definition) is 2. The van der Waals surface area contributed by atoms with E-state index in [2.05, 4.69) is 32.7 Å². The number of anilines is 1. The van der Waals surface area contributed by atoms with Gasteiger partial charge in [0.1, 0.15) is 23.0 Å². The molecule has 0 saturated carbocycles. The molecule has 3 heterocycles.